The summed E-state index contributed by atoms with van der Waals surface area (Å²) in [5, 5.41) is 19.5. The summed E-state index contributed by atoms with van der Waals surface area (Å²) in [6, 6.07) is 0. The van der Waals surface area contributed by atoms with Gasteiger partial charge in [-0.15, -0.1) is 0 Å². The summed E-state index contributed by atoms with van der Waals surface area (Å²) in [5.41, 5.74) is 0. The van der Waals surface area contributed by atoms with E-state index in [1.807, 2.05) is 6.08 Å². The van der Waals surface area contributed by atoms with E-state index in [-0.39, 0.29) is 6.42 Å². The molecule has 0 heterocycles. The molecule has 0 fully saturated rings. The van der Waals surface area contributed by atoms with Gasteiger partial charge >= 0.3 is 5.97 Å². The van der Waals surface area contributed by atoms with Crippen molar-refractivity contribution in [3.8, 4) is 0 Å². The highest BCUT2D eigenvalue weighted by molar-refractivity contribution is 5.66. The van der Waals surface area contributed by atoms with Crippen LogP contribution in [0.4, 0.5) is 0 Å². The van der Waals surface area contributed by atoms with Crippen molar-refractivity contribution in [2.45, 2.75) is 78.2 Å². The first-order chi connectivity index (χ1) is 11.0. The van der Waals surface area contributed by atoms with E-state index in [1.165, 1.54) is 0 Å². The smallest absolute Gasteiger partial charge is 0.309 e. The normalized spacial score (nSPS) is 13.6. The third-order valence-electron chi connectivity index (χ3n) is 4.43. The molecular formula is C19H38NO3+. The van der Waals surface area contributed by atoms with E-state index < -0.39 is 12.1 Å². The third kappa shape index (κ3) is 11.3. The van der Waals surface area contributed by atoms with Gasteiger partial charge in [0.15, 0.2) is 0 Å². The number of aliphatic hydroxyl groups excluding tert-OH is 1. The summed E-state index contributed by atoms with van der Waals surface area (Å²) in [6.45, 7) is 9.66. The second-order valence-electron chi connectivity index (χ2n) is 6.68. The second-order valence-corrected chi connectivity index (χ2v) is 6.68. The van der Waals surface area contributed by atoms with Gasteiger partial charge in [0.05, 0.1) is 26.1 Å². The van der Waals surface area contributed by atoms with E-state index in [0.29, 0.717) is 13.1 Å². The van der Waals surface area contributed by atoms with Gasteiger partial charge in [-0.3, -0.25) is 4.79 Å². The number of rotatable bonds is 15. The summed E-state index contributed by atoms with van der Waals surface area (Å²) in [6.07, 6.45) is 11.3. The van der Waals surface area contributed by atoms with E-state index in [2.05, 4.69) is 26.8 Å². The molecule has 0 rings (SSSR count). The zero-order valence-electron chi connectivity index (χ0n) is 15.5. The fourth-order valence-electron chi connectivity index (χ4n) is 2.96. The maximum absolute atomic E-state index is 11.0. The van der Waals surface area contributed by atoms with Crippen molar-refractivity contribution in [1.29, 1.82) is 0 Å². The average Bonchev–Trinajstić information content (AvgIpc) is 2.53. The number of allylic oxidation sites excluding steroid dienone is 1. The first-order valence-electron chi connectivity index (χ1n) is 9.41. The lowest BCUT2D eigenvalue weighted by Gasteiger charge is -2.39. The number of unbranched alkanes of at least 4 members (excludes halogenated alkanes) is 4. The van der Waals surface area contributed by atoms with Gasteiger partial charge in [0.2, 0.25) is 0 Å². The van der Waals surface area contributed by atoms with Gasteiger partial charge < -0.3 is 14.7 Å². The number of carbonyl (C=O) groups is 1. The van der Waals surface area contributed by atoms with Crippen LogP contribution in [0.3, 0.4) is 0 Å². The van der Waals surface area contributed by atoms with Gasteiger partial charge in [-0.2, -0.15) is 0 Å². The number of nitrogens with zero attached hydrogens (tertiary/aromatic N) is 1. The summed E-state index contributed by atoms with van der Waals surface area (Å²) in [5.74, 6) is -0.742. The highest BCUT2D eigenvalue weighted by Gasteiger charge is 2.29. The van der Waals surface area contributed by atoms with Gasteiger partial charge in [-0.1, -0.05) is 58.6 Å². The van der Waals surface area contributed by atoms with Crippen molar-refractivity contribution in [1.82, 2.24) is 0 Å². The molecule has 4 heteroatoms. The van der Waals surface area contributed by atoms with Crippen LogP contribution in [0.2, 0.25) is 0 Å². The molecule has 0 aromatic rings. The molecule has 0 aromatic heterocycles. The maximum Gasteiger partial charge on any atom is 0.309 e. The summed E-state index contributed by atoms with van der Waals surface area (Å²) < 4.78 is 0.729. The molecule has 0 aromatic carbocycles. The van der Waals surface area contributed by atoms with Gasteiger partial charge in [0.25, 0.3) is 0 Å². The molecule has 0 aliphatic rings. The largest absolute Gasteiger partial charge is 0.481 e. The Morgan fingerprint density at radius 3 is 2.04 bits per heavy atom. The average molecular weight is 329 g/mol. The Hall–Kier alpha value is -0.870. The fraction of sp³-hybridized carbons (Fsp3) is 0.842. The van der Waals surface area contributed by atoms with E-state index in [4.69, 9.17) is 5.11 Å². The second kappa shape index (κ2) is 13.6. The van der Waals surface area contributed by atoms with E-state index in [0.717, 1.165) is 62.5 Å². The van der Waals surface area contributed by atoms with Crippen LogP contribution in [0.5, 0.6) is 0 Å². The van der Waals surface area contributed by atoms with Crippen molar-refractivity contribution >= 4 is 5.97 Å². The lowest BCUT2D eigenvalue weighted by Crippen LogP contribution is -2.54. The Labute approximate surface area is 142 Å². The first kappa shape index (κ1) is 22.1. The molecule has 0 aliphatic carbocycles. The van der Waals surface area contributed by atoms with Crippen LogP contribution in [0.15, 0.2) is 12.2 Å². The molecule has 4 nitrogen and oxygen atoms in total. The standard InChI is InChI=1S/C19H37NO3/c1-4-7-10-11-12-18(21)17-20(14-8-5-2,15-9-6-3)16-13-19(22)23/h11-12,18,21H,4-10,13-17H2,1-3H3/p+1/b12-11+. The minimum atomic E-state index is -0.742. The Morgan fingerprint density at radius 1 is 1.00 bits per heavy atom. The molecule has 0 aliphatic heterocycles. The summed E-state index contributed by atoms with van der Waals surface area (Å²) >= 11 is 0. The molecule has 0 saturated carbocycles. The van der Waals surface area contributed by atoms with Crippen LogP contribution in [0, 0.1) is 0 Å². The van der Waals surface area contributed by atoms with E-state index in [1.54, 1.807) is 0 Å². The number of aliphatic hydroxyl groups is 1. The third-order valence-corrected chi connectivity index (χ3v) is 4.43. The lowest BCUT2D eigenvalue weighted by molar-refractivity contribution is -0.930. The molecule has 0 bridgehead atoms. The monoisotopic (exact) mass is 328 g/mol. The Morgan fingerprint density at radius 2 is 1.57 bits per heavy atom. The lowest BCUT2D eigenvalue weighted by atomic mass is 10.1. The van der Waals surface area contributed by atoms with Crippen LogP contribution in [0.1, 0.15) is 72.1 Å². The molecule has 2 N–H and O–H groups in total. The van der Waals surface area contributed by atoms with Crippen molar-refractivity contribution in [2.24, 2.45) is 0 Å². The Balaban J connectivity index is 4.86. The summed E-state index contributed by atoms with van der Waals surface area (Å²) in [4.78, 5) is 11.0. The SMILES string of the molecule is CCCC/C=C/C(O)C[N+](CCCC)(CCCC)CCC(=O)O. The first-order valence-corrected chi connectivity index (χ1v) is 9.41. The molecule has 0 radical (unpaired) electrons. The topological polar surface area (TPSA) is 57.5 Å². The number of hydrogen-bond acceptors (Lipinski definition) is 2. The molecule has 1 atom stereocenters. The minimum absolute atomic E-state index is 0.180. The highest BCUT2D eigenvalue weighted by Crippen LogP contribution is 2.16. The van der Waals surface area contributed by atoms with Gasteiger partial charge in [-0.25, -0.2) is 0 Å². The van der Waals surface area contributed by atoms with E-state index >= 15 is 0 Å². The maximum atomic E-state index is 11.0. The zero-order chi connectivity index (χ0) is 17.6. The molecule has 136 valence electrons. The zero-order valence-corrected chi connectivity index (χ0v) is 15.5. The number of carboxylic acid groups (broad SMARTS) is 1. The number of aliphatic carboxylic acids is 1. The quantitative estimate of drug-likeness (QED) is 0.271. The van der Waals surface area contributed by atoms with Crippen LogP contribution in [0.25, 0.3) is 0 Å². The van der Waals surface area contributed by atoms with Crippen LogP contribution in [-0.4, -0.2) is 52.9 Å². The van der Waals surface area contributed by atoms with Crippen molar-refractivity contribution < 1.29 is 19.5 Å². The predicted octanol–water partition coefficient (Wildman–Crippen LogP) is 3.99. The summed E-state index contributed by atoms with van der Waals surface area (Å²) in [7, 11) is 0. The minimum Gasteiger partial charge on any atom is -0.481 e. The predicted molar refractivity (Wildman–Crippen MR) is 96.5 cm³/mol. The molecule has 1 unspecified atom stereocenters. The van der Waals surface area contributed by atoms with Crippen LogP contribution in [-0.2, 0) is 4.79 Å². The Bertz CT molecular complexity index is 321. The fourth-order valence-corrected chi connectivity index (χ4v) is 2.96. The van der Waals surface area contributed by atoms with Gasteiger partial charge in [-0.05, 0) is 19.3 Å². The van der Waals surface area contributed by atoms with Gasteiger partial charge in [0.1, 0.15) is 12.6 Å². The van der Waals surface area contributed by atoms with Gasteiger partial charge in [0, 0.05) is 0 Å². The van der Waals surface area contributed by atoms with Crippen LogP contribution < -0.4 is 0 Å². The molecule has 23 heavy (non-hydrogen) atoms. The van der Waals surface area contributed by atoms with Crippen LogP contribution >= 0.6 is 0 Å². The van der Waals surface area contributed by atoms with Crippen molar-refractivity contribution in [3.63, 3.8) is 0 Å². The van der Waals surface area contributed by atoms with Crippen molar-refractivity contribution in [3.05, 3.63) is 12.2 Å². The molecular weight excluding hydrogens is 290 g/mol. The number of carboxylic acids is 1. The molecule has 0 saturated heterocycles. The molecule has 0 spiro atoms. The van der Waals surface area contributed by atoms with Crippen molar-refractivity contribution in [2.75, 3.05) is 26.2 Å². The number of hydrogen-bond donors (Lipinski definition) is 2. The van der Waals surface area contributed by atoms with E-state index in [9.17, 15) is 9.90 Å². The Kier molecular flexibility index (Phi) is 13.0. The molecule has 0 amide bonds. The highest BCUT2D eigenvalue weighted by atomic mass is 16.4. The number of quaternary nitrogens is 1.